The number of hydrogen-bond acceptors (Lipinski definition) is 2. The maximum Gasteiger partial charge on any atom is 0.122 e. The molecule has 1 aromatic rings. The Bertz CT molecular complexity index is 357. The molecule has 0 heterocycles. The van der Waals surface area contributed by atoms with Crippen LogP contribution >= 0.6 is 24.0 Å². The molecule has 2 N–H and O–H groups in total. The van der Waals surface area contributed by atoms with E-state index < -0.39 is 0 Å². The second-order valence-corrected chi connectivity index (χ2v) is 4.39. The summed E-state index contributed by atoms with van der Waals surface area (Å²) in [6, 6.07) is 5.83. The van der Waals surface area contributed by atoms with Crippen LogP contribution in [0.5, 0.6) is 5.75 Å². The van der Waals surface area contributed by atoms with E-state index in [1.54, 1.807) is 0 Å². The molecular weight excluding hydrogens is 245 g/mol. The van der Waals surface area contributed by atoms with Gasteiger partial charge in [0.05, 0.1) is 6.61 Å². The highest BCUT2D eigenvalue weighted by atomic mass is 35.5. The van der Waals surface area contributed by atoms with Crippen LogP contribution in [0.4, 0.5) is 0 Å². The predicted octanol–water partition coefficient (Wildman–Crippen LogP) is 3.22. The van der Waals surface area contributed by atoms with Crippen LogP contribution < -0.4 is 10.5 Å². The van der Waals surface area contributed by atoms with Crippen molar-refractivity contribution in [3.8, 4) is 5.75 Å². The van der Waals surface area contributed by atoms with Crippen molar-refractivity contribution >= 4 is 24.0 Å². The molecule has 0 saturated heterocycles. The third kappa shape index (κ3) is 2.82. The fraction of sp³-hybridized carbons (Fsp3) is 0.500. The fourth-order valence-corrected chi connectivity index (χ4v) is 2.17. The number of ether oxygens (including phenoxy) is 1. The molecule has 0 spiro atoms. The summed E-state index contributed by atoms with van der Waals surface area (Å²) in [6.07, 6.45) is 1.16. The molecule has 1 fully saturated rings. The van der Waals surface area contributed by atoms with Crippen LogP contribution in [0.25, 0.3) is 0 Å². The molecule has 0 bridgehead atoms. The van der Waals surface area contributed by atoms with Gasteiger partial charge < -0.3 is 10.5 Å². The van der Waals surface area contributed by atoms with Crippen molar-refractivity contribution in [2.75, 3.05) is 13.2 Å². The van der Waals surface area contributed by atoms with E-state index in [-0.39, 0.29) is 12.4 Å². The maximum atomic E-state index is 5.99. The average molecular weight is 262 g/mol. The lowest BCUT2D eigenvalue weighted by Gasteiger charge is -2.10. The van der Waals surface area contributed by atoms with E-state index in [9.17, 15) is 0 Å². The first-order valence-corrected chi connectivity index (χ1v) is 5.76. The van der Waals surface area contributed by atoms with E-state index in [1.165, 1.54) is 5.56 Å². The molecule has 1 saturated carbocycles. The summed E-state index contributed by atoms with van der Waals surface area (Å²) < 4.78 is 5.59. The third-order valence-electron chi connectivity index (χ3n) is 2.90. The SMILES string of the molecule is CCOc1ccc(Cl)cc1[C@@H]1C[C@H]1CN.Cl. The van der Waals surface area contributed by atoms with Gasteiger partial charge in [0.1, 0.15) is 5.75 Å². The molecule has 2 atom stereocenters. The first-order chi connectivity index (χ1) is 7.26. The van der Waals surface area contributed by atoms with E-state index in [2.05, 4.69) is 0 Å². The van der Waals surface area contributed by atoms with Gasteiger partial charge in [-0.3, -0.25) is 0 Å². The van der Waals surface area contributed by atoms with Crippen molar-refractivity contribution < 1.29 is 4.74 Å². The van der Waals surface area contributed by atoms with Crippen molar-refractivity contribution in [1.82, 2.24) is 0 Å². The van der Waals surface area contributed by atoms with E-state index >= 15 is 0 Å². The highest BCUT2D eigenvalue weighted by Crippen LogP contribution is 2.50. The van der Waals surface area contributed by atoms with Gasteiger partial charge in [0, 0.05) is 5.02 Å². The van der Waals surface area contributed by atoms with Crippen molar-refractivity contribution in [2.24, 2.45) is 11.7 Å². The second-order valence-electron chi connectivity index (χ2n) is 3.95. The van der Waals surface area contributed by atoms with Crippen LogP contribution in [0.1, 0.15) is 24.8 Å². The minimum absolute atomic E-state index is 0. The van der Waals surface area contributed by atoms with Gasteiger partial charge in [-0.1, -0.05) is 11.6 Å². The number of hydrogen-bond donors (Lipinski definition) is 1. The Morgan fingerprint density at radius 2 is 2.25 bits per heavy atom. The maximum absolute atomic E-state index is 5.99. The molecular formula is C12H17Cl2NO. The molecule has 1 aromatic carbocycles. The Morgan fingerprint density at radius 3 is 2.81 bits per heavy atom. The van der Waals surface area contributed by atoms with Gasteiger partial charge in [-0.25, -0.2) is 0 Å². The highest BCUT2D eigenvalue weighted by molar-refractivity contribution is 6.30. The fourth-order valence-electron chi connectivity index (χ4n) is 1.99. The lowest BCUT2D eigenvalue weighted by molar-refractivity contribution is 0.336. The molecule has 16 heavy (non-hydrogen) atoms. The van der Waals surface area contributed by atoms with E-state index in [4.69, 9.17) is 22.1 Å². The van der Waals surface area contributed by atoms with Gasteiger partial charge in [0.25, 0.3) is 0 Å². The Morgan fingerprint density at radius 1 is 1.50 bits per heavy atom. The quantitative estimate of drug-likeness (QED) is 0.904. The topological polar surface area (TPSA) is 35.2 Å². The van der Waals surface area contributed by atoms with Gasteiger partial charge in [-0.05, 0) is 55.5 Å². The lowest BCUT2D eigenvalue weighted by Crippen LogP contribution is -2.03. The second kappa shape index (κ2) is 5.76. The Balaban J connectivity index is 0.00000128. The molecule has 0 aliphatic heterocycles. The zero-order valence-corrected chi connectivity index (χ0v) is 10.9. The van der Waals surface area contributed by atoms with Crippen molar-refractivity contribution in [3.63, 3.8) is 0 Å². The molecule has 1 aliphatic carbocycles. The summed E-state index contributed by atoms with van der Waals surface area (Å²) in [4.78, 5) is 0. The monoisotopic (exact) mass is 261 g/mol. The third-order valence-corrected chi connectivity index (χ3v) is 3.13. The summed E-state index contributed by atoms with van der Waals surface area (Å²) in [7, 11) is 0. The van der Waals surface area contributed by atoms with E-state index in [0.29, 0.717) is 18.4 Å². The molecule has 0 amide bonds. The van der Waals surface area contributed by atoms with Crippen LogP contribution in [0.15, 0.2) is 18.2 Å². The molecule has 2 nitrogen and oxygen atoms in total. The Kier molecular flexibility index (Phi) is 4.90. The van der Waals surface area contributed by atoms with Crippen molar-refractivity contribution in [2.45, 2.75) is 19.3 Å². The largest absolute Gasteiger partial charge is 0.494 e. The van der Waals surface area contributed by atoms with Crippen LogP contribution in [-0.4, -0.2) is 13.2 Å². The first kappa shape index (κ1) is 13.6. The predicted molar refractivity (Wildman–Crippen MR) is 69.8 cm³/mol. The normalized spacial score (nSPS) is 22.4. The summed E-state index contributed by atoms with van der Waals surface area (Å²) in [5, 5.41) is 0.774. The highest BCUT2D eigenvalue weighted by Gasteiger charge is 2.38. The van der Waals surface area contributed by atoms with Gasteiger partial charge in [0.2, 0.25) is 0 Å². The minimum atomic E-state index is 0. The first-order valence-electron chi connectivity index (χ1n) is 5.38. The molecule has 4 heteroatoms. The standard InChI is InChI=1S/C12H16ClNO.ClH/c1-2-15-12-4-3-9(13)6-11(12)10-5-8(10)7-14;/h3-4,6,8,10H,2,5,7,14H2,1H3;1H/t8-,10+;/m0./s1. The van der Waals surface area contributed by atoms with E-state index in [1.807, 2.05) is 25.1 Å². The summed E-state index contributed by atoms with van der Waals surface area (Å²) >= 11 is 5.99. The number of halogens is 2. The van der Waals surface area contributed by atoms with Crippen molar-refractivity contribution in [1.29, 1.82) is 0 Å². The minimum Gasteiger partial charge on any atom is -0.494 e. The van der Waals surface area contributed by atoms with Crippen molar-refractivity contribution in [3.05, 3.63) is 28.8 Å². The number of benzene rings is 1. The van der Waals surface area contributed by atoms with Crippen LogP contribution in [0.3, 0.4) is 0 Å². The Labute approximate surface area is 108 Å². The van der Waals surface area contributed by atoms with Crippen LogP contribution in [0, 0.1) is 5.92 Å². The summed E-state index contributed by atoms with van der Waals surface area (Å²) in [5.74, 6) is 2.13. The molecule has 0 unspecified atom stereocenters. The summed E-state index contributed by atoms with van der Waals surface area (Å²) in [5.41, 5.74) is 6.87. The number of rotatable bonds is 4. The van der Waals surface area contributed by atoms with Gasteiger partial charge >= 0.3 is 0 Å². The van der Waals surface area contributed by atoms with Gasteiger partial charge in [0.15, 0.2) is 0 Å². The van der Waals surface area contributed by atoms with Crippen LogP contribution in [0.2, 0.25) is 5.02 Å². The lowest BCUT2D eigenvalue weighted by atomic mass is 10.1. The molecule has 0 radical (unpaired) electrons. The zero-order valence-electron chi connectivity index (χ0n) is 9.28. The van der Waals surface area contributed by atoms with Crippen LogP contribution in [-0.2, 0) is 0 Å². The van der Waals surface area contributed by atoms with Gasteiger partial charge in [-0.15, -0.1) is 12.4 Å². The van der Waals surface area contributed by atoms with Gasteiger partial charge in [-0.2, -0.15) is 0 Å². The molecule has 0 aromatic heterocycles. The number of nitrogens with two attached hydrogens (primary N) is 1. The molecule has 90 valence electrons. The smallest absolute Gasteiger partial charge is 0.122 e. The molecule has 2 rings (SSSR count). The summed E-state index contributed by atoms with van der Waals surface area (Å²) in [6.45, 7) is 3.43. The molecule has 1 aliphatic rings. The average Bonchev–Trinajstić information content (AvgIpc) is 3.00. The Hall–Kier alpha value is -0.440. The van der Waals surface area contributed by atoms with E-state index in [0.717, 1.165) is 23.7 Å². The zero-order chi connectivity index (χ0) is 10.8.